The van der Waals surface area contributed by atoms with E-state index in [1.54, 1.807) is 30.3 Å². The summed E-state index contributed by atoms with van der Waals surface area (Å²) in [7, 11) is -3.60. The van der Waals surface area contributed by atoms with Gasteiger partial charge < -0.3 is 9.84 Å². The van der Waals surface area contributed by atoms with E-state index in [2.05, 4.69) is 15.2 Å². The molecule has 0 amide bonds. The summed E-state index contributed by atoms with van der Waals surface area (Å²) in [6.45, 7) is 0.998. The Hall–Kier alpha value is -1.41. The van der Waals surface area contributed by atoms with Gasteiger partial charge in [-0.15, -0.1) is 12.4 Å². The SMILES string of the molecule is Cl.O=S(=O)(NCCNC1CCCCCC1)c1ccccc1-c1ccno1. The first-order valence-corrected chi connectivity index (χ1v) is 10.4. The Balaban J connectivity index is 0.00000243. The lowest BCUT2D eigenvalue weighted by atomic mass is 10.1. The van der Waals surface area contributed by atoms with Crippen molar-refractivity contribution >= 4 is 22.4 Å². The molecule has 1 aromatic heterocycles. The zero-order chi connectivity index (χ0) is 17.5. The van der Waals surface area contributed by atoms with Crippen molar-refractivity contribution in [2.45, 2.75) is 49.5 Å². The fourth-order valence-electron chi connectivity index (χ4n) is 3.28. The molecular formula is C18H26ClN3O3S. The van der Waals surface area contributed by atoms with Crippen LogP contribution in [-0.2, 0) is 10.0 Å². The fourth-order valence-corrected chi connectivity index (χ4v) is 4.52. The number of rotatable bonds is 7. The summed E-state index contributed by atoms with van der Waals surface area (Å²) >= 11 is 0. The van der Waals surface area contributed by atoms with E-state index in [0.717, 1.165) is 0 Å². The molecule has 2 aromatic rings. The number of aromatic nitrogens is 1. The summed E-state index contributed by atoms with van der Waals surface area (Å²) < 4.78 is 33.1. The maximum atomic E-state index is 12.7. The van der Waals surface area contributed by atoms with E-state index in [0.29, 0.717) is 30.5 Å². The maximum Gasteiger partial charge on any atom is 0.241 e. The van der Waals surface area contributed by atoms with Crippen molar-refractivity contribution in [2.24, 2.45) is 0 Å². The van der Waals surface area contributed by atoms with E-state index in [4.69, 9.17) is 4.52 Å². The summed E-state index contributed by atoms with van der Waals surface area (Å²) in [4.78, 5) is 0.209. The van der Waals surface area contributed by atoms with Crippen LogP contribution in [0.3, 0.4) is 0 Å². The highest BCUT2D eigenvalue weighted by Gasteiger charge is 2.20. The molecule has 6 nitrogen and oxygen atoms in total. The number of hydrogen-bond acceptors (Lipinski definition) is 5. The summed E-state index contributed by atoms with van der Waals surface area (Å²) in [5.41, 5.74) is 0.518. The van der Waals surface area contributed by atoms with Crippen LogP contribution in [0.1, 0.15) is 38.5 Å². The van der Waals surface area contributed by atoms with Crippen LogP contribution in [0.2, 0.25) is 0 Å². The average Bonchev–Trinajstić information content (AvgIpc) is 3.03. The van der Waals surface area contributed by atoms with Crippen molar-refractivity contribution in [1.29, 1.82) is 0 Å². The summed E-state index contributed by atoms with van der Waals surface area (Å²) in [5, 5.41) is 7.13. The molecule has 8 heteroatoms. The Morgan fingerprint density at radius 2 is 1.77 bits per heavy atom. The molecule has 0 spiro atoms. The molecule has 0 bridgehead atoms. The van der Waals surface area contributed by atoms with Crippen LogP contribution in [0.25, 0.3) is 11.3 Å². The lowest BCUT2D eigenvalue weighted by Gasteiger charge is -2.16. The second-order valence-corrected chi connectivity index (χ2v) is 8.15. The van der Waals surface area contributed by atoms with Gasteiger partial charge in [-0.1, -0.05) is 43.0 Å². The Morgan fingerprint density at radius 1 is 1.04 bits per heavy atom. The van der Waals surface area contributed by atoms with Crippen LogP contribution < -0.4 is 10.0 Å². The molecular weight excluding hydrogens is 374 g/mol. The fraction of sp³-hybridized carbons (Fsp3) is 0.500. The van der Waals surface area contributed by atoms with Gasteiger partial charge in [0.15, 0.2) is 5.76 Å². The maximum absolute atomic E-state index is 12.7. The number of halogens is 1. The summed E-state index contributed by atoms with van der Waals surface area (Å²) in [6, 6.07) is 8.95. The predicted octanol–water partition coefficient (Wildman–Crippen LogP) is 3.35. The van der Waals surface area contributed by atoms with Gasteiger partial charge in [0.1, 0.15) is 0 Å². The molecule has 2 N–H and O–H groups in total. The number of benzene rings is 1. The van der Waals surface area contributed by atoms with Gasteiger partial charge in [0.2, 0.25) is 10.0 Å². The molecule has 144 valence electrons. The zero-order valence-electron chi connectivity index (χ0n) is 14.7. The first kappa shape index (κ1) is 20.9. The minimum atomic E-state index is -3.60. The van der Waals surface area contributed by atoms with Crippen molar-refractivity contribution in [2.75, 3.05) is 13.1 Å². The first-order valence-electron chi connectivity index (χ1n) is 8.90. The van der Waals surface area contributed by atoms with Crippen LogP contribution in [-0.4, -0.2) is 32.7 Å². The number of nitrogens with zero attached hydrogens (tertiary/aromatic N) is 1. The Morgan fingerprint density at radius 3 is 2.46 bits per heavy atom. The third-order valence-corrected chi connectivity index (χ3v) is 6.10. The topological polar surface area (TPSA) is 84.2 Å². The predicted molar refractivity (Wildman–Crippen MR) is 104 cm³/mol. The van der Waals surface area contributed by atoms with Gasteiger partial charge in [-0.3, -0.25) is 0 Å². The van der Waals surface area contributed by atoms with Gasteiger partial charge in [-0.25, -0.2) is 13.1 Å². The van der Waals surface area contributed by atoms with Crippen LogP contribution in [0.4, 0.5) is 0 Å². The van der Waals surface area contributed by atoms with Crippen LogP contribution in [0.5, 0.6) is 0 Å². The molecule has 1 aliphatic rings. The van der Waals surface area contributed by atoms with Gasteiger partial charge in [-0.05, 0) is 25.0 Å². The number of nitrogens with one attached hydrogen (secondary N) is 2. The molecule has 1 aromatic carbocycles. The van der Waals surface area contributed by atoms with Gasteiger partial charge >= 0.3 is 0 Å². The Labute approximate surface area is 161 Å². The van der Waals surface area contributed by atoms with Crippen molar-refractivity contribution in [3.05, 3.63) is 36.5 Å². The van der Waals surface area contributed by atoms with Gasteiger partial charge in [0.25, 0.3) is 0 Å². The first-order chi connectivity index (χ1) is 12.2. The van der Waals surface area contributed by atoms with Crippen molar-refractivity contribution in [1.82, 2.24) is 15.2 Å². The molecule has 1 saturated carbocycles. The van der Waals surface area contributed by atoms with Crippen molar-refractivity contribution in [3.8, 4) is 11.3 Å². The standard InChI is InChI=1S/C18H25N3O3S.ClH/c22-25(23,21-14-13-19-15-7-3-1-2-4-8-15)18-10-6-5-9-16(18)17-11-12-20-24-17;/h5-6,9-12,15,19,21H,1-4,7-8,13-14H2;1H. The molecule has 3 rings (SSSR count). The Kier molecular flexibility index (Phi) is 8.09. The van der Waals surface area contributed by atoms with Gasteiger partial charge in [-0.2, -0.15) is 0 Å². The molecule has 0 unspecified atom stereocenters. The lowest BCUT2D eigenvalue weighted by Crippen LogP contribution is -2.37. The summed E-state index contributed by atoms with van der Waals surface area (Å²) in [5.74, 6) is 0.442. The highest BCUT2D eigenvalue weighted by Crippen LogP contribution is 2.26. The van der Waals surface area contributed by atoms with Crippen LogP contribution in [0.15, 0.2) is 45.9 Å². The molecule has 1 fully saturated rings. The van der Waals surface area contributed by atoms with Gasteiger partial charge in [0, 0.05) is 30.8 Å². The smallest absolute Gasteiger partial charge is 0.241 e. The second-order valence-electron chi connectivity index (χ2n) is 6.41. The summed E-state index contributed by atoms with van der Waals surface area (Å²) in [6.07, 6.45) is 9.00. The van der Waals surface area contributed by atoms with Crippen LogP contribution >= 0.6 is 12.4 Å². The van der Waals surface area contributed by atoms with Crippen molar-refractivity contribution in [3.63, 3.8) is 0 Å². The lowest BCUT2D eigenvalue weighted by molar-refractivity contribution is 0.431. The molecule has 1 heterocycles. The molecule has 0 radical (unpaired) electrons. The van der Waals surface area contributed by atoms with E-state index in [9.17, 15) is 8.42 Å². The molecule has 26 heavy (non-hydrogen) atoms. The van der Waals surface area contributed by atoms with E-state index in [1.807, 2.05) is 0 Å². The quantitative estimate of drug-likeness (QED) is 0.551. The molecule has 1 aliphatic carbocycles. The van der Waals surface area contributed by atoms with E-state index < -0.39 is 10.0 Å². The third kappa shape index (κ3) is 5.54. The van der Waals surface area contributed by atoms with Gasteiger partial charge in [0.05, 0.1) is 11.1 Å². The zero-order valence-corrected chi connectivity index (χ0v) is 16.3. The third-order valence-electron chi connectivity index (χ3n) is 4.59. The normalized spacial score (nSPS) is 16.0. The largest absolute Gasteiger partial charge is 0.356 e. The minimum absolute atomic E-state index is 0. The van der Waals surface area contributed by atoms with Crippen molar-refractivity contribution < 1.29 is 12.9 Å². The van der Waals surface area contributed by atoms with Crippen LogP contribution in [0, 0.1) is 0 Å². The van der Waals surface area contributed by atoms with E-state index in [1.165, 1.54) is 44.7 Å². The molecule has 0 saturated heterocycles. The van der Waals surface area contributed by atoms with E-state index >= 15 is 0 Å². The molecule has 0 aliphatic heterocycles. The highest BCUT2D eigenvalue weighted by atomic mass is 35.5. The highest BCUT2D eigenvalue weighted by molar-refractivity contribution is 7.89. The minimum Gasteiger partial charge on any atom is -0.356 e. The Bertz CT molecular complexity index is 758. The van der Waals surface area contributed by atoms with E-state index in [-0.39, 0.29) is 17.3 Å². The average molecular weight is 400 g/mol. The number of hydrogen-bond donors (Lipinski definition) is 2. The second kappa shape index (κ2) is 10.1. The molecule has 0 atom stereocenters. The monoisotopic (exact) mass is 399 g/mol. The number of sulfonamides is 1.